The molecule has 1 rings (SSSR count). The molecule has 0 saturated carbocycles. The summed E-state index contributed by atoms with van der Waals surface area (Å²) in [6.07, 6.45) is 0.862. The maximum absolute atomic E-state index is 11.7. The lowest BCUT2D eigenvalue weighted by Crippen LogP contribution is -2.52. The van der Waals surface area contributed by atoms with Crippen LogP contribution in [0.2, 0.25) is 0 Å². The highest BCUT2D eigenvalue weighted by Crippen LogP contribution is 2.09. The number of carboxylic acids is 1. The number of ether oxygens (including phenoxy) is 1. The molecule has 0 bridgehead atoms. The van der Waals surface area contributed by atoms with Crippen LogP contribution >= 0.6 is 0 Å². The van der Waals surface area contributed by atoms with Crippen LogP contribution in [-0.2, 0) is 9.53 Å². The Hall–Kier alpha value is -1.34. The minimum atomic E-state index is -1.14. The van der Waals surface area contributed by atoms with Crippen molar-refractivity contribution < 1.29 is 24.5 Å². The Balaban J connectivity index is 2.48. The van der Waals surface area contributed by atoms with Gasteiger partial charge >= 0.3 is 12.0 Å². The van der Waals surface area contributed by atoms with Gasteiger partial charge in [-0.15, -0.1) is 0 Å². The number of nitrogens with one attached hydrogen (secondary N) is 1. The normalized spacial score (nSPS) is 22.0. The number of nitrogens with zero attached hydrogens (tertiary/aromatic N) is 1. The zero-order valence-electron chi connectivity index (χ0n) is 9.76. The van der Waals surface area contributed by atoms with Gasteiger partial charge in [0, 0.05) is 20.2 Å². The Labute approximate surface area is 99.4 Å². The number of β-amino-alcohol motifs (C(OH)–C–C–N with tert-alkyl or cyclic N) is 1. The number of carboxylic acid groups (broad SMARTS) is 1. The zero-order chi connectivity index (χ0) is 12.8. The number of carbonyl (C=O) groups is 2. The van der Waals surface area contributed by atoms with E-state index in [0.717, 1.165) is 6.42 Å². The van der Waals surface area contributed by atoms with Gasteiger partial charge in [-0.3, -0.25) is 0 Å². The number of aliphatic hydroxyl groups is 1. The first-order valence-corrected chi connectivity index (χ1v) is 5.50. The van der Waals surface area contributed by atoms with E-state index in [9.17, 15) is 14.7 Å². The van der Waals surface area contributed by atoms with Crippen molar-refractivity contribution in [1.29, 1.82) is 0 Å². The number of piperidine rings is 1. The van der Waals surface area contributed by atoms with E-state index in [1.54, 1.807) is 0 Å². The topological polar surface area (TPSA) is 99.1 Å². The van der Waals surface area contributed by atoms with Crippen molar-refractivity contribution in [3.8, 4) is 0 Å². The van der Waals surface area contributed by atoms with Crippen molar-refractivity contribution >= 4 is 12.0 Å². The molecule has 0 aliphatic carbocycles. The monoisotopic (exact) mass is 246 g/mol. The van der Waals surface area contributed by atoms with Gasteiger partial charge in [0.15, 0.2) is 6.04 Å². The van der Waals surface area contributed by atoms with Crippen LogP contribution in [0, 0.1) is 0 Å². The van der Waals surface area contributed by atoms with E-state index in [-0.39, 0.29) is 13.2 Å². The van der Waals surface area contributed by atoms with Crippen molar-refractivity contribution in [2.45, 2.75) is 25.0 Å². The molecular weight excluding hydrogens is 228 g/mol. The maximum Gasteiger partial charge on any atom is 0.328 e. The first kappa shape index (κ1) is 13.7. The van der Waals surface area contributed by atoms with Gasteiger partial charge in [0.25, 0.3) is 0 Å². The highest BCUT2D eigenvalue weighted by Gasteiger charge is 2.26. The van der Waals surface area contributed by atoms with Crippen LogP contribution in [0.25, 0.3) is 0 Å². The fraction of sp³-hybridized carbons (Fsp3) is 0.800. The van der Waals surface area contributed by atoms with E-state index in [2.05, 4.69) is 5.32 Å². The smallest absolute Gasteiger partial charge is 0.328 e. The number of aliphatic carboxylic acids is 1. The second kappa shape index (κ2) is 6.41. The molecule has 1 aliphatic heterocycles. The molecule has 2 atom stereocenters. The van der Waals surface area contributed by atoms with Gasteiger partial charge in [-0.1, -0.05) is 0 Å². The lowest BCUT2D eigenvalue weighted by atomic mass is 10.1. The van der Waals surface area contributed by atoms with Crippen molar-refractivity contribution in [3.63, 3.8) is 0 Å². The van der Waals surface area contributed by atoms with E-state index in [1.165, 1.54) is 12.0 Å². The van der Waals surface area contributed by atoms with Gasteiger partial charge in [-0.2, -0.15) is 0 Å². The number of aliphatic hydroxyl groups excluding tert-OH is 1. The molecule has 0 aromatic heterocycles. The molecule has 1 heterocycles. The second-order valence-electron chi connectivity index (χ2n) is 4.04. The zero-order valence-corrected chi connectivity index (χ0v) is 9.76. The number of hydrogen-bond donors (Lipinski definition) is 3. The Kier molecular flexibility index (Phi) is 5.17. The highest BCUT2D eigenvalue weighted by molar-refractivity contribution is 5.82. The Bertz CT molecular complexity index is 284. The summed E-state index contributed by atoms with van der Waals surface area (Å²) in [6, 6.07) is -1.54. The molecule has 1 aliphatic rings. The van der Waals surface area contributed by atoms with Gasteiger partial charge in [-0.05, 0) is 12.8 Å². The molecule has 0 aromatic rings. The van der Waals surface area contributed by atoms with Crippen LogP contribution in [0.4, 0.5) is 4.79 Å². The quantitative estimate of drug-likeness (QED) is 0.606. The molecular formula is C10H18N2O5. The van der Waals surface area contributed by atoms with E-state index >= 15 is 0 Å². The van der Waals surface area contributed by atoms with Crippen molar-refractivity contribution in [3.05, 3.63) is 0 Å². The van der Waals surface area contributed by atoms with Crippen molar-refractivity contribution in [2.75, 3.05) is 26.8 Å². The Morgan fingerprint density at radius 2 is 2.29 bits per heavy atom. The summed E-state index contributed by atoms with van der Waals surface area (Å²) in [5.41, 5.74) is 0. The molecule has 7 heteroatoms. The van der Waals surface area contributed by atoms with E-state index in [4.69, 9.17) is 9.84 Å². The van der Waals surface area contributed by atoms with Gasteiger partial charge in [0.05, 0.1) is 12.7 Å². The van der Waals surface area contributed by atoms with Crippen LogP contribution in [-0.4, -0.2) is 66.1 Å². The summed E-state index contributed by atoms with van der Waals surface area (Å²) in [5.74, 6) is -1.14. The van der Waals surface area contributed by atoms with Crippen LogP contribution in [0.1, 0.15) is 12.8 Å². The van der Waals surface area contributed by atoms with Crippen LogP contribution in [0.15, 0.2) is 0 Å². The van der Waals surface area contributed by atoms with E-state index < -0.39 is 24.1 Å². The maximum atomic E-state index is 11.7. The molecule has 1 fully saturated rings. The number of likely N-dealkylation sites (tertiary alicyclic amines) is 1. The van der Waals surface area contributed by atoms with E-state index in [1.807, 2.05) is 0 Å². The minimum Gasteiger partial charge on any atom is -0.480 e. The predicted octanol–water partition coefficient (Wildman–Crippen LogP) is -0.748. The molecule has 0 aromatic carbocycles. The van der Waals surface area contributed by atoms with Crippen LogP contribution in [0.3, 0.4) is 0 Å². The average Bonchev–Trinajstić information content (AvgIpc) is 2.28. The predicted molar refractivity (Wildman–Crippen MR) is 58.6 cm³/mol. The number of rotatable bonds is 4. The average molecular weight is 246 g/mol. The van der Waals surface area contributed by atoms with Crippen LogP contribution < -0.4 is 5.32 Å². The summed E-state index contributed by atoms with van der Waals surface area (Å²) in [7, 11) is 1.37. The lowest BCUT2D eigenvalue weighted by molar-refractivity contribution is -0.140. The van der Waals surface area contributed by atoms with Gasteiger partial charge in [0.2, 0.25) is 0 Å². The van der Waals surface area contributed by atoms with Gasteiger partial charge < -0.3 is 25.2 Å². The Morgan fingerprint density at radius 3 is 2.82 bits per heavy atom. The summed E-state index contributed by atoms with van der Waals surface area (Å²) in [5, 5.41) is 20.6. The molecule has 0 spiro atoms. The van der Waals surface area contributed by atoms with Gasteiger partial charge in [-0.25, -0.2) is 9.59 Å². The summed E-state index contributed by atoms with van der Waals surface area (Å²) in [6.45, 7) is 0.685. The summed E-state index contributed by atoms with van der Waals surface area (Å²) in [4.78, 5) is 23.9. The fourth-order valence-corrected chi connectivity index (χ4v) is 1.72. The minimum absolute atomic E-state index is 0.0858. The van der Waals surface area contributed by atoms with Crippen LogP contribution in [0.5, 0.6) is 0 Å². The summed E-state index contributed by atoms with van der Waals surface area (Å²) < 4.78 is 4.71. The number of amides is 2. The fourth-order valence-electron chi connectivity index (χ4n) is 1.72. The molecule has 2 amide bonds. The number of urea groups is 1. The molecule has 17 heavy (non-hydrogen) atoms. The largest absolute Gasteiger partial charge is 0.480 e. The molecule has 7 nitrogen and oxygen atoms in total. The molecule has 0 radical (unpaired) electrons. The number of methoxy groups -OCH3 is 1. The number of hydrogen-bond acceptors (Lipinski definition) is 4. The third-order valence-corrected chi connectivity index (χ3v) is 2.61. The van der Waals surface area contributed by atoms with Crippen molar-refractivity contribution in [2.24, 2.45) is 0 Å². The molecule has 3 N–H and O–H groups in total. The molecule has 1 saturated heterocycles. The molecule has 98 valence electrons. The molecule has 2 unspecified atom stereocenters. The SMILES string of the molecule is COCC(NC(=O)N1CCCC(O)C1)C(=O)O. The first-order valence-electron chi connectivity index (χ1n) is 5.50. The third kappa shape index (κ3) is 4.20. The Morgan fingerprint density at radius 1 is 1.59 bits per heavy atom. The second-order valence-corrected chi connectivity index (χ2v) is 4.04. The lowest BCUT2D eigenvalue weighted by Gasteiger charge is -2.31. The third-order valence-electron chi connectivity index (χ3n) is 2.61. The van der Waals surface area contributed by atoms with E-state index in [0.29, 0.717) is 13.0 Å². The highest BCUT2D eigenvalue weighted by atomic mass is 16.5. The van der Waals surface area contributed by atoms with Crippen molar-refractivity contribution in [1.82, 2.24) is 10.2 Å². The standard InChI is InChI=1S/C10H18N2O5/c1-17-6-8(9(14)15)11-10(16)12-4-2-3-7(13)5-12/h7-8,13H,2-6H2,1H3,(H,11,16)(H,14,15). The summed E-state index contributed by atoms with van der Waals surface area (Å²) >= 11 is 0. The number of carbonyl (C=O) groups excluding carboxylic acids is 1. The first-order chi connectivity index (χ1) is 8.04. The van der Waals surface area contributed by atoms with Gasteiger partial charge in [0.1, 0.15) is 0 Å².